The van der Waals surface area contributed by atoms with E-state index < -0.39 is 41.5 Å². The molecule has 2 aromatic carbocycles. The van der Waals surface area contributed by atoms with E-state index in [4.69, 9.17) is 0 Å². The van der Waals surface area contributed by atoms with Crippen molar-refractivity contribution in [3.05, 3.63) is 83.3 Å². The lowest BCUT2D eigenvalue weighted by Gasteiger charge is -2.07. The standard InChI is InChI=1S/C21H14F3N5O2S/c22-13-8-9-14(18(24)17(13)23)26-16(30)11-25-21(31)19-27-20(15-7-4-10-32-15)29(28-19)12-5-2-1-3-6-12/h1-10H,11H2,(H,25,31)(H,26,30). The van der Waals surface area contributed by atoms with Crippen molar-refractivity contribution < 1.29 is 22.8 Å². The lowest BCUT2D eigenvalue weighted by Crippen LogP contribution is -2.33. The molecule has 0 aliphatic carbocycles. The molecule has 162 valence electrons. The van der Waals surface area contributed by atoms with Crippen LogP contribution >= 0.6 is 11.3 Å². The van der Waals surface area contributed by atoms with Crippen molar-refractivity contribution in [1.29, 1.82) is 0 Å². The summed E-state index contributed by atoms with van der Waals surface area (Å²) >= 11 is 1.42. The number of hydrogen-bond donors (Lipinski definition) is 2. The molecule has 0 atom stereocenters. The molecule has 0 unspecified atom stereocenters. The summed E-state index contributed by atoms with van der Waals surface area (Å²) in [6.45, 7) is -0.564. The number of aromatic nitrogens is 3. The maximum atomic E-state index is 13.7. The normalized spacial score (nSPS) is 10.7. The Kier molecular flexibility index (Phi) is 5.99. The van der Waals surface area contributed by atoms with E-state index in [1.165, 1.54) is 16.0 Å². The molecule has 0 saturated heterocycles. The number of nitrogens with zero attached hydrogens (tertiary/aromatic N) is 3. The monoisotopic (exact) mass is 457 g/mol. The molecule has 4 rings (SSSR count). The number of rotatable bonds is 6. The second kappa shape index (κ2) is 9.02. The average Bonchev–Trinajstić information content (AvgIpc) is 3.48. The van der Waals surface area contributed by atoms with Gasteiger partial charge in [-0.3, -0.25) is 9.59 Å². The zero-order valence-corrected chi connectivity index (χ0v) is 17.0. The summed E-state index contributed by atoms with van der Waals surface area (Å²) in [6, 6.07) is 14.3. The Hall–Kier alpha value is -3.99. The van der Waals surface area contributed by atoms with Gasteiger partial charge in [0.05, 0.1) is 22.8 Å². The van der Waals surface area contributed by atoms with E-state index in [-0.39, 0.29) is 5.82 Å². The second-order valence-electron chi connectivity index (χ2n) is 6.44. The van der Waals surface area contributed by atoms with Gasteiger partial charge in [-0.25, -0.2) is 22.8 Å². The molecule has 0 aliphatic rings. The number of thiophene rings is 1. The van der Waals surface area contributed by atoms with Gasteiger partial charge in [-0.1, -0.05) is 24.3 Å². The van der Waals surface area contributed by atoms with Crippen LogP contribution in [0.2, 0.25) is 0 Å². The molecule has 4 aromatic rings. The first-order chi connectivity index (χ1) is 15.4. The van der Waals surface area contributed by atoms with Gasteiger partial charge in [0.15, 0.2) is 23.3 Å². The van der Waals surface area contributed by atoms with Crippen LogP contribution in [-0.4, -0.2) is 33.1 Å². The van der Waals surface area contributed by atoms with E-state index in [1.54, 1.807) is 12.1 Å². The molecule has 0 aliphatic heterocycles. The fourth-order valence-electron chi connectivity index (χ4n) is 2.78. The van der Waals surface area contributed by atoms with Crippen LogP contribution in [0.3, 0.4) is 0 Å². The van der Waals surface area contributed by atoms with Crippen molar-refractivity contribution in [1.82, 2.24) is 20.1 Å². The van der Waals surface area contributed by atoms with Crippen LogP contribution in [0, 0.1) is 17.5 Å². The summed E-state index contributed by atoms with van der Waals surface area (Å²) in [5, 5.41) is 10.5. The van der Waals surface area contributed by atoms with Crippen LogP contribution < -0.4 is 10.6 Å². The first-order valence-corrected chi connectivity index (χ1v) is 10.1. The van der Waals surface area contributed by atoms with Crippen LogP contribution in [0.25, 0.3) is 16.4 Å². The van der Waals surface area contributed by atoms with E-state index in [9.17, 15) is 22.8 Å². The summed E-state index contributed by atoms with van der Waals surface area (Å²) in [5.74, 6) is -5.93. The highest BCUT2D eigenvalue weighted by molar-refractivity contribution is 7.13. The summed E-state index contributed by atoms with van der Waals surface area (Å²) in [5.41, 5.74) is 0.142. The largest absolute Gasteiger partial charge is 0.340 e. The fraction of sp³-hybridized carbons (Fsp3) is 0.0476. The highest BCUT2D eigenvalue weighted by Gasteiger charge is 2.20. The van der Waals surface area contributed by atoms with Crippen molar-refractivity contribution in [2.75, 3.05) is 11.9 Å². The number of halogens is 3. The van der Waals surface area contributed by atoms with E-state index in [0.717, 1.165) is 10.9 Å². The van der Waals surface area contributed by atoms with E-state index in [0.29, 0.717) is 17.6 Å². The minimum atomic E-state index is -1.71. The Bertz CT molecular complexity index is 1280. The van der Waals surface area contributed by atoms with Crippen molar-refractivity contribution in [3.8, 4) is 16.4 Å². The third kappa shape index (κ3) is 4.37. The number of benzene rings is 2. The number of carbonyl (C=O) groups excluding carboxylic acids is 2. The molecule has 7 nitrogen and oxygen atoms in total. The van der Waals surface area contributed by atoms with Gasteiger partial charge in [-0.05, 0) is 35.7 Å². The van der Waals surface area contributed by atoms with Crippen LogP contribution in [0.1, 0.15) is 10.6 Å². The summed E-state index contributed by atoms with van der Waals surface area (Å²) in [7, 11) is 0. The van der Waals surface area contributed by atoms with E-state index >= 15 is 0 Å². The molecule has 2 amide bonds. The average molecular weight is 457 g/mol. The SMILES string of the molecule is O=C(CNC(=O)c1nc(-c2cccs2)n(-c2ccccc2)n1)Nc1ccc(F)c(F)c1F. The van der Waals surface area contributed by atoms with Crippen molar-refractivity contribution in [2.45, 2.75) is 0 Å². The highest BCUT2D eigenvalue weighted by Crippen LogP contribution is 2.25. The molecule has 0 fully saturated rings. The van der Waals surface area contributed by atoms with Crippen LogP contribution in [0.15, 0.2) is 60.0 Å². The Morgan fingerprint density at radius 1 is 0.969 bits per heavy atom. The number of para-hydroxylation sites is 1. The molecule has 32 heavy (non-hydrogen) atoms. The third-order valence-electron chi connectivity index (χ3n) is 4.27. The molecular weight excluding hydrogens is 443 g/mol. The van der Waals surface area contributed by atoms with Gasteiger partial charge in [-0.15, -0.1) is 16.4 Å². The minimum Gasteiger partial charge on any atom is -0.340 e. The Labute approximate surface area is 183 Å². The summed E-state index contributed by atoms with van der Waals surface area (Å²) < 4.78 is 41.5. The Morgan fingerprint density at radius 2 is 1.75 bits per heavy atom. The molecule has 2 heterocycles. The van der Waals surface area contributed by atoms with Gasteiger partial charge in [-0.2, -0.15) is 0 Å². The van der Waals surface area contributed by atoms with Gasteiger partial charge in [0.1, 0.15) is 0 Å². The molecule has 2 aromatic heterocycles. The Balaban J connectivity index is 1.49. The predicted octanol–water partition coefficient (Wildman–Crippen LogP) is 3.78. The topological polar surface area (TPSA) is 88.9 Å². The maximum absolute atomic E-state index is 13.7. The number of nitrogens with one attached hydrogen (secondary N) is 2. The molecule has 0 spiro atoms. The summed E-state index contributed by atoms with van der Waals surface area (Å²) in [6.07, 6.45) is 0. The molecule has 0 bridgehead atoms. The predicted molar refractivity (Wildman–Crippen MR) is 112 cm³/mol. The van der Waals surface area contributed by atoms with Crippen molar-refractivity contribution in [3.63, 3.8) is 0 Å². The maximum Gasteiger partial charge on any atom is 0.291 e. The third-order valence-corrected chi connectivity index (χ3v) is 5.14. The molecule has 11 heteroatoms. The zero-order chi connectivity index (χ0) is 22.7. The number of hydrogen-bond acceptors (Lipinski definition) is 5. The lowest BCUT2D eigenvalue weighted by molar-refractivity contribution is -0.115. The van der Waals surface area contributed by atoms with Gasteiger partial charge < -0.3 is 10.6 Å². The smallest absolute Gasteiger partial charge is 0.291 e. The molecule has 0 saturated carbocycles. The number of amides is 2. The highest BCUT2D eigenvalue weighted by atomic mass is 32.1. The molecule has 2 N–H and O–H groups in total. The van der Waals surface area contributed by atoms with Crippen LogP contribution in [0.5, 0.6) is 0 Å². The zero-order valence-electron chi connectivity index (χ0n) is 16.2. The fourth-order valence-corrected chi connectivity index (χ4v) is 3.48. The van der Waals surface area contributed by atoms with Gasteiger partial charge >= 0.3 is 0 Å². The first kappa shape index (κ1) is 21.2. The Morgan fingerprint density at radius 3 is 2.47 bits per heavy atom. The van der Waals surface area contributed by atoms with Gasteiger partial charge in [0.2, 0.25) is 11.7 Å². The quantitative estimate of drug-likeness (QED) is 0.432. The van der Waals surface area contributed by atoms with E-state index in [1.807, 2.05) is 35.7 Å². The molecular formula is C21H14F3N5O2S. The van der Waals surface area contributed by atoms with Crippen LogP contribution in [0.4, 0.5) is 18.9 Å². The van der Waals surface area contributed by atoms with E-state index in [2.05, 4.69) is 20.7 Å². The lowest BCUT2D eigenvalue weighted by atomic mass is 10.2. The number of carbonyl (C=O) groups is 2. The van der Waals surface area contributed by atoms with Crippen LogP contribution in [-0.2, 0) is 4.79 Å². The van der Waals surface area contributed by atoms with Crippen molar-refractivity contribution in [2.24, 2.45) is 0 Å². The van der Waals surface area contributed by atoms with Gasteiger partial charge in [0.25, 0.3) is 5.91 Å². The molecule has 0 radical (unpaired) electrons. The van der Waals surface area contributed by atoms with Gasteiger partial charge in [0, 0.05) is 0 Å². The summed E-state index contributed by atoms with van der Waals surface area (Å²) in [4.78, 5) is 29.6. The minimum absolute atomic E-state index is 0.177. The van der Waals surface area contributed by atoms with Crippen molar-refractivity contribution >= 4 is 28.8 Å². The first-order valence-electron chi connectivity index (χ1n) is 9.22. The number of anilines is 1. The second-order valence-corrected chi connectivity index (χ2v) is 7.39.